The molecule has 0 radical (unpaired) electrons. The predicted octanol–water partition coefficient (Wildman–Crippen LogP) is 6.69. The number of nitrogens with one attached hydrogen (secondary N) is 1. The highest BCUT2D eigenvalue weighted by Gasteiger charge is 2.36. The average molecular weight is 682 g/mol. The van der Waals surface area contributed by atoms with Crippen molar-refractivity contribution < 1.29 is 33.3 Å². The monoisotopic (exact) mass is 681 g/mol. The zero-order chi connectivity index (χ0) is 35.5. The number of methoxy groups -OCH3 is 4. The van der Waals surface area contributed by atoms with Gasteiger partial charge >= 0.3 is 5.97 Å². The number of carbonyl (C=O) groups is 2. The lowest BCUT2D eigenvalue weighted by Crippen LogP contribution is -2.48. The molecule has 0 aromatic heterocycles. The number of amides is 1. The first-order valence-corrected chi connectivity index (χ1v) is 16.7. The highest BCUT2D eigenvalue weighted by molar-refractivity contribution is 5.92. The number of esters is 1. The fourth-order valence-corrected chi connectivity index (χ4v) is 6.65. The molecule has 1 heterocycles. The summed E-state index contributed by atoms with van der Waals surface area (Å²) in [5.41, 5.74) is 3.28. The minimum Gasteiger partial charge on any atom is -0.496 e. The number of rotatable bonds is 15. The van der Waals surface area contributed by atoms with Crippen LogP contribution in [0.25, 0.3) is 0 Å². The normalized spacial score (nSPS) is 14.1. The number of anilines is 1. The fraction of sp³-hybridized carbons (Fsp3) is 0.350. The molecule has 4 aromatic rings. The molecule has 0 spiro atoms. The van der Waals surface area contributed by atoms with E-state index in [1.54, 1.807) is 21.3 Å². The lowest BCUT2D eigenvalue weighted by molar-refractivity contribution is -0.118. The van der Waals surface area contributed by atoms with Crippen LogP contribution in [0, 0.1) is 5.41 Å². The number of nitrogens with zero attached hydrogens (tertiary/aromatic N) is 2. The van der Waals surface area contributed by atoms with Gasteiger partial charge in [-0.3, -0.25) is 9.69 Å². The summed E-state index contributed by atoms with van der Waals surface area (Å²) in [5, 5.41) is 3.03. The molecule has 1 aliphatic rings. The summed E-state index contributed by atoms with van der Waals surface area (Å²) in [5.74, 6) is 3.15. The predicted molar refractivity (Wildman–Crippen MR) is 194 cm³/mol. The number of ether oxygens (including phenoxy) is 5. The quantitative estimate of drug-likeness (QED) is 0.138. The van der Waals surface area contributed by atoms with Crippen molar-refractivity contribution in [2.24, 2.45) is 5.41 Å². The van der Waals surface area contributed by atoms with Gasteiger partial charge in [0.2, 0.25) is 5.91 Å². The van der Waals surface area contributed by atoms with Gasteiger partial charge in [-0.25, -0.2) is 4.79 Å². The van der Waals surface area contributed by atoms with Crippen LogP contribution in [-0.4, -0.2) is 83.3 Å². The van der Waals surface area contributed by atoms with E-state index in [9.17, 15) is 9.59 Å². The Labute approximate surface area is 294 Å². The van der Waals surface area contributed by atoms with Gasteiger partial charge in [0.15, 0.2) is 0 Å². The SMILES string of the molecule is COC(=O)c1ccc(CC2(CN(C)Cc3c(OC)cc(OC)cc3OC)CCN(CC(=O)Nc3ccc(Oc4ccccc4)cc3)CC2)cc1. The van der Waals surface area contributed by atoms with Gasteiger partial charge in [0.05, 0.1) is 46.1 Å². The van der Waals surface area contributed by atoms with Crippen LogP contribution >= 0.6 is 0 Å². The van der Waals surface area contributed by atoms with Crippen molar-refractivity contribution in [2.45, 2.75) is 25.8 Å². The first-order valence-electron chi connectivity index (χ1n) is 16.7. The maximum Gasteiger partial charge on any atom is 0.337 e. The number of likely N-dealkylation sites (tertiary alicyclic amines) is 1. The smallest absolute Gasteiger partial charge is 0.337 e. The van der Waals surface area contributed by atoms with Gasteiger partial charge in [0, 0.05) is 30.9 Å². The molecule has 264 valence electrons. The summed E-state index contributed by atoms with van der Waals surface area (Å²) in [6.07, 6.45) is 2.62. The third-order valence-electron chi connectivity index (χ3n) is 9.21. The van der Waals surface area contributed by atoms with Gasteiger partial charge in [-0.2, -0.15) is 0 Å². The Kier molecular flexibility index (Phi) is 12.4. The molecule has 50 heavy (non-hydrogen) atoms. The Morgan fingerprint density at radius 2 is 1.40 bits per heavy atom. The van der Waals surface area contributed by atoms with Gasteiger partial charge in [-0.05, 0) is 98.9 Å². The van der Waals surface area contributed by atoms with Gasteiger partial charge < -0.3 is 33.9 Å². The van der Waals surface area contributed by atoms with Crippen molar-refractivity contribution in [1.29, 1.82) is 0 Å². The molecular weight excluding hydrogens is 634 g/mol. The number of benzene rings is 4. The molecule has 1 N–H and O–H groups in total. The molecule has 0 atom stereocenters. The molecule has 5 rings (SSSR count). The molecular formula is C40H47N3O7. The molecule has 1 fully saturated rings. The minimum atomic E-state index is -0.351. The highest BCUT2D eigenvalue weighted by atomic mass is 16.5. The van der Waals surface area contributed by atoms with Crippen LogP contribution in [0.4, 0.5) is 5.69 Å². The largest absolute Gasteiger partial charge is 0.496 e. The van der Waals surface area contributed by atoms with E-state index in [4.69, 9.17) is 23.7 Å². The third kappa shape index (κ3) is 9.55. The van der Waals surface area contributed by atoms with Gasteiger partial charge in [-0.1, -0.05) is 30.3 Å². The molecule has 0 saturated carbocycles. The van der Waals surface area contributed by atoms with E-state index in [1.807, 2.05) is 91.0 Å². The van der Waals surface area contributed by atoms with Crippen LogP contribution in [0.3, 0.4) is 0 Å². The summed E-state index contributed by atoms with van der Waals surface area (Å²) in [4.78, 5) is 29.7. The maximum absolute atomic E-state index is 13.1. The Morgan fingerprint density at radius 3 is 1.98 bits per heavy atom. The van der Waals surface area contributed by atoms with Crippen molar-refractivity contribution in [3.8, 4) is 28.7 Å². The van der Waals surface area contributed by atoms with E-state index in [-0.39, 0.29) is 17.3 Å². The zero-order valence-corrected chi connectivity index (χ0v) is 29.6. The van der Waals surface area contributed by atoms with E-state index in [1.165, 1.54) is 7.11 Å². The van der Waals surface area contributed by atoms with E-state index in [0.717, 1.165) is 61.5 Å². The van der Waals surface area contributed by atoms with Crippen molar-refractivity contribution >= 4 is 17.6 Å². The van der Waals surface area contributed by atoms with Crippen molar-refractivity contribution in [1.82, 2.24) is 9.80 Å². The van der Waals surface area contributed by atoms with E-state index >= 15 is 0 Å². The molecule has 10 heteroatoms. The molecule has 1 saturated heterocycles. The van der Waals surface area contributed by atoms with Gasteiger partial charge in [-0.15, -0.1) is 0 Å². The Morgan fingerprint density at radius 1 is 0.780 bits per heavy atom. The van der Waals surface area contributed by atoms with E-state index in [0.29, 0.717) is 41.7 Å². The second kappa shape index (κ2) is 17.0. The number of hydrogen-bond acceptors (Lipinski definition) is 9. The number of piperidine rings is 1. The van der Waals surface area contributed by atoms with Crippen LogP contribution in [0.15, 0.2) is 91.0 Å². The first-order chi connectivity index (χ1) is 24.2. The Bertz CT molecular complexity index is 1680. The van der Waals surface area contributed by atoms with Crippen molar-refractivity contribution in [3.63, 3.8) is 0 Å². The lowest BCUT2D eigenvalue weighted by Gasteiger charge is -2.44. The summed E-state index contributed by atoms with van der Waals surface area (Å²) < 4.78 is 27.7. The zero-order valence-electron chi connectivity index (χ0n) is 29.6. The number of para-hydroxylation sites is 1. The molecule has 0 unspecified atom stereocenters. The first kappa shape index (κ1) is 36.2. The number of hydrogen-bond donors (Lipinski definition) is 1. The van der Waals surface area contributed by atoms with E-state index in [2.05, 4.69) is 22.2 Å². The maximum atomic E-state index is 13.1. The second-order valence-electron chi connectivity index (χ2n) is 12.8. The highest BCUT2D eigenvalue weighted by Crippen LogP contribution is 2.39. The van der Waals surface area contributed by atoms with Crippen molar-refractivity contribution in [3.05, 3.63) is 108 Å². The topological polar surface area (TPSA) is 98.8 Å². The minimum absolute atomic E-state index is 0.0524. The van der Waals surface area contributed by atoms with E-state index < -0.39 is 0 Å². The van der Waals surface area contributed by atoms with Crippen LogP contribution in [0.1, 0.15) is 34.3 Å². The van der Waals surface area contributed by atoms with Crippen LogP contribution < -0.4 is 24.3 Å². The second-order valence-corrected chi connectivity index (χ2v) is 12.8. The molecule has 1 amide bonds. The number of carbonyl (C=O) groups excluding carboxylic acids is 2. The molecule has 0 bridgehead atoms. The van der Waals surface area contributed by atoms with Crippen LogP contribution in [0.2, 0.25) is 0 Å². The summed E-state index contributed by atoms with van der Waals surface area (Å²) in [6, 6.07) is 28.4. The average Bonchev–Trinajstić information content (AvgIpc) is 3.13. The third-order valence-corrected chi connectivity index (χ3v) is 9.21. The molecule has 0 aliphatic carbocycles. The van der Waals surface area contributed by atoms with Gasteiger partial charge in [0.25, 0.3) is 0 Å². The van der Waals surface area contributed by atoms with Crippen LogP contribution in [0.5, 0.6) is 28.7 Å². The lowest BCUT2D eigenvalue weighted by atomic mass is 9.73. The Balaban J connectivity index is 1.24. The van der Waals surface area contributed by atoms with Gasteiger partial charge in [0.1, 0.15) is 28.7 Å². The Hall–Kier alpha value is -5.06. The fourth-order valence-electron chi connectivity index (χ4n) is 6.65. The summed E-state index contributed by atoms with van der Waals surface area (Å²) in [6.45, 7) is 3.28. The standard InChI is InChI=1S/C40H47N3O7/c1-42(26-35-36(47-3)23-34(46-2)24-37(35)48-4)28-40(25-29-11-13-30(14-12-29)39(45)49-5)19-21-43(22-20-40)27-38(44)41-31-15-17-33(18-16-31)50-32-9-7-6-8-10-32/h6-18,23-24H,19-22,25-28H2,1-5H3,(H,41,44). The molecule has 4 aromatic carbocycles. The summed E-state index contributed by atoms with van der Waals surface area (Å²) >= 11 is 0. The molecule has 1 aliphatic heterocycles. The summed E-state index contributed by atoms with van der Waals surface area (Å²) in [7, 11) is 8.43. The van der Waals surface area contributed by atoms with Crippen molar-refractivity contribution in [2.75, 3.05) is 67.0 Å². The van der Waals surface area contributed by atoms with Crippen LogP contribution in [-0.2, 0) is 22.5 Å². The molecule has 10 nitrogen and oxygen atoms in total.